The Morgan fingerprint density at radius 3 is 2.21 bits per heavy atom. The number of halogens is 2. The number of hydrogen-bond acceptors (Lipinski definition) is 5. The van der Waals surface area contributed by atoms with Gasteiger partial charge in [-0.05, 0) is 42.5 Å². The van der Waals surface area contributed by atoms with E-state index in [2.05, 4.69) is 25.9 Å². The van der Waals surface area contributed by atoms with Gasteiger partial charge in [-0.2, -0.15) is 0 Å². The molecule has 9 heteroatoms. The molecule has 3 aromatic rings. The molecule has 0 bridgehead atoms. The van der Waals surface area contributed by atoms with E-state index in [4.69, 9.17) is 0 Å². The fraction of sp³-hybridized carbons (Fsp3) is 0.0526. The predicted molar refractivity (Wildman–Crippen MR) is 100 cm³/mol. The molecule has 142 valence electrons. The van der Waals surface area contributed by atoms with E-state index in [9.17, 15) is 18.4 Å². The second-order valence-electron chi connectivity index (χ2n) is 5.73. The maximum atomic E-state index is 13.3. The topological polar surface area (TPSA) is 96.0 Å². The van der Waals surface area contributed by atoms with Crippen LogP contribution in [-0.2, 0) is 4.79 Å². The quantitative estimate of drug-likeness (QED) is 0.624. The summed E-state index contributed by atoms with van der Waals surface area (Å²) in [6, 6.07) is 11.2. The summed E-state index contributed by atoms with van der Waals surface area (Å²) in [7, 11) is 0. The molecular weight excluding hydrogens is 368 g/mol. The number of amides is 2. The summed E-state index contributed by atoms with van der Waals surface area (Å²) in [6.45, 7) is 1.41. The van der Waals surface area contributed by atoms with E-state index in [1.807, 2.05) is 0 Å². The molecule has 0 spiro atoms. The lowest BCUT2D eigenvalue weighted by molar-refractivity contribution is -0.114. The Bertz CT molecular complexity index is 1030. The van der Waals surface area contributed by atoms with E-state index < -0.39 is 17.5 Å². The Hall–Kier alpha value is -3.88. The van der Waals surface area contributed by atoms with Crippen molar-refractivity contribution in [3.8, 4) is 0 Å². The zero-order valence-electron chi connectivity index (χ0n) is 14.7. The minimum absolute atomic E-state index is 0.0390. The molecule has 0 saturated carbocycles. The van der Waals surface area contributed by atoms with Crippen molar-refractivity contribution in [1.82, 2.24) is 9.97 Å². The monoisotopic (exact) mass is 383 g/mol. The molecule has 0 fully saturated rings. The molecule has 3 N–H and O–H groups in total. The lowest BCUT2D eigenvalue weighted by Crippen LogP contribution is -2.15. The molecule has 28 heavy (non-hydrogen) atoms. The molecule has 0 aliphatic carbocycles. The van der Waals surface area contributed by atoms with E-state index in [0.717, 1.165) is 12.1 Å². The first-order valence-corrected chi connectivity index (χ1v) is 8.15. The number of aromatic nitrogens is 2. The van der Waals surface area contributed by atoms with Crippen LogP contribution in [0.2, 0.25) is 0 Å². The van der Waals surface area contributed by atoms with Gasteiger partial charge < -0.3 is 16.0 Å². The van der Waals surface area contributed by atoms with Crippen LogP contribution in [0.4, 0.5) is 31.8 Å². The highest BCUT2D eigenvalue weighted by molar-refractivity contribution is 6.03. The van der Waals surface area contributed by atoms with Crippen LogP contribution in [0.5, 0.6) is 0 Å². The van der Waals surface area contributed by atoms with Crippen LogP contribution in [-0.4, -0.2) is 21.8 Å². The Balaban J connectivity index is 1.70. The molecule has 0 aliphatic rings. The molecule has 1 aromatic heterocycles. The summed E-state index contributed by atoms with van der Waals surface area (Å²) in [4.78, 5) is 31.5. The van der Waals surface area contributed by atoms with Gasteiger partial charge in [0.15, 0.2) is 11.6 Å². The summed E-state index contributed by atoms with van der Waals surface area (Å²) in [6.07, 6.45) is 1.39. The molecule has 0 saturated heterocycles. The summed E-state index contributed by atoms with van der Waals surface area (Å²) in [5.41, 5.74) is 1.42. The molecule has 2 aromatic carbocycles. The SMILES string of the molecule is CC(=O)Nc1ccc(Nc2nccc(C(=O)Nc3ccc(F)c(F)c3)n2)cc1. The summed E-state index contributed by atoms with van der Waals surface area (Å²) < 4.78 is 26.2. The van der Waals surface area contributed by atoms with E-state index in [1.165, 1.54) is 25.3 Å². The van der Waals surface area contributed by atoms with Crippen molar-refractivity contribution in [2.45, 2.75) is 6.92 Å². The highest BCUT2D eigenvalue weighted by atomic mass is 19.2. The standard InChI is InChI=1S/C19H15F2N5O2/c1-11(27)23-12-2-4-13(5-3-12)25-19-22-9-8-17(26-19)18(28)24-14-6-7-15(20)16(21)10-14/h2-10H,1H3,(H,23,27)(H,24,28)(H,22,25,26). The third-order valence-corrected chi connectivity index (χ3v) is 3.53. The summed E-state index contributed by atoms with van der Waals surface area (Å²) in [5, 5.41) is 8.02. The number of nitrogens with zero attached hydrogens (tertiary/aromatic N) is 2. The largest absolute Gasteiger partial charge is 0.326 e. The summed E-state index contributed by atoms with van der Waals surface area (Å²) >= 11 is 0. The van der Waals surface area contributed by atoms with Gasteiger partial charge >= 0.3 is 0 Å². The average molecular weight is 383 g/mol. The fourth-order valence-corrected chi connectivity index (χ4v) is 2.28. The van der Waals surface area contributed by atoms with Crippen molar-refractivity contribution in [3.05, 3.63) is 72.1 Å². The molecule has 1 heterocycles. The van der Waals surface area contributed by atoms with Crippen LogP contribution in [0, 0.1) is 11.6 Å². The molecule has 0 aliphatic heterocycles. The minimum atomic E-state index is -1.06. The van der Waals surface area contributed by atoms with Crippen LogP contribution in [0.25, 0.3) is 0 Å². The van der Waals surface area contributed by atoms with Crippen LogP contribution in [0.1, 0.15) is 17.4 Å². The van der Waals surface area contributed by atoms with Gasteiger partial charge in [0.2, 0.25) is 11.9 Å². The van der Waals surface area contributed by atoms with Gasteiger partial charge in [-0.15, -0.1) is 0 Å². The van der Waals surface area contributed by atoms with Crippen LogP contribution >= 0.6 is 0 Å². The number of anilines is 4. The second-order valence-corrected chi connectivity index (χ2v) is 5.73. The lowest BCUT2D eigenvalue weighted by atomic mass is 10.2. The molecule has 0 radical (unpaired) electrons. The number of benzene rings is 2. The van der Waals surface area contributed by atoms with Gasteiger partial charge in [0, 0.05) is 36.2 Å². The number of carbonyl (C=O) groups excluding carboxylic acids is 2. The van der Waals surface area contributed by atoms with Crippen molar-refractivity contribution in [1.29, 1.82) is 0 Å². The van der Waals surface area contributed by atoms with Crippen molar-refractivity contribution < 1.29 is 18.4 Å². The van der Waals surface area contributed by atoms with Crippen LogP contribution < -0.4 is 16.0 Å². The van der Waals surface area contributed by atoms with E-state index >= 15 is 0 Å². The summed E-state index contributed by atoms with van der Waals surface area (Å²) in [5.74, 6) is -2.67. The van der Waals surface area contributed by atoms with E-state index in [1.54, 1.807) is 24.3 Å². The maximum Gasteiger partial charge on any atom is 0.274 e. The Kier molecular flexibility index (Phi) is 5.54. The molecule has 2 amide bonds. The first-order chi connectivity index (χ1) is 13.4. The zero-order chi connectivity index (χ0) is 20.1. The van der Waals surface area contributed by atoms with Crippen molar-refractivity contribution in [2.75, 3.05) is 16.0 Å². The molecular formula is C19H15F2N5O2. The second kappa shape index (κ2) is 8.21. The maximum absolute atomic E-state index is 13.3. The van der Waals surface area contributed by atoms with E-state index in [0.29, 0.717) is 11.4 Å². The number of rotatable bonds is 5. The zero-order valence-corrected chi connectivity index (χ0v) is 14.7. The fourth-order valence-electron chi connectivity index (χ4n) is 2.28. The molecule has 0 atom stereocenters. The Morgan fingerprint density at radius 2 is 1.54 bits per heavy atom. The van der Waals surface area contributed by atoms with Gasteiger partial charge in [-0.25, -0.2) is 18.7 Å². The average Bonchev–Trinajstić information content (AvgIpc) is 2.66. The van der Waals surface area contributed by atoms with Crippen LogP contribution in [0.15, 0.2) is 54.7 Å². The van der Waals surface area contributed by atoms with Gasteiger partial charge in [-0.1, -0.05) is 0 Å². The van der Waals surface area contributed by atoms with Crippen LogP contribution in [0.3, 0.4) is 0 Å². The smallest absolute Gasteiger partial charge is 0.274 e. The van der Waals surface area contributed by atoms with Gasteiger partial charge in [-0.3, -0.25) is 9.59 Å². The number of nitrogens with one attached hydrogen (secondary N) is 3. The Morgan fingerprint density at radius 1 is 0.857 bits per heavy atom. The normalized spacial score (nSPS) is 10.2. The molecule has 3 rings (SSSR count). The third-order valence-electron chi connectivity index (χ3n) is 3.53. The highest BCUT2D eigenvalue weighted by Gasteiger charge is 2.11. The predicted octanol–water partition coefficient (Wildman–Crippen LogP) is 3.71. The lowest BCUT2D eigenvalue weighted by Gasteiger charge is -2.08. The van der Waals surface area contributed by atoms with Crippen molar-refractivity contribution >= 4 is 34.8 Å². The van der Waals surface area contributed by atoms with Crippen molar-refractivity contribution in [3.63, 3.8) is 0 Å². The highest BCUT2D eigenvalue weighted by Crippen LogP contribution is 2.17. The third kappa shape index (κ3) is 4.85. The molecule has 0 unspecified atom stereocenters. The number of carbonyl (C=O) groups is 2. The van der Waals surface area contributed by atoms with Crippen molar-refractivity contribution in [2.24, 2.45) is 0 Å². The minimum Gasteiger partial charge on any atom is -0.326 e. The first-order valence-electron chi connectivity index (χ1n) is 8.15. The van der Waals surface area contributed by atoms with E-state index in [-0.39, 0.29) is 23.2 Å². The van der Waals surface area contributed by atoms with Gasteiger partial charge in [0.1, 0.15) is 5.69 Å². The van der Waals surface area contributed by atoms with Gasteiger partial charge in [0.05, 0.1) is 0 Å². The van der Waals surface area contributed by atoms with Gasteiger partial charge in [0.25, 0.3) is 5.91 Å². The number of hydrogen-bond donors (Lipinski definition) is 3. The molecule has 7 nitrogen and oxygen atoms in total. The Labute approximate surface area is 158 Å². The first kappa shape index (κ1) is 18.9.